The van der Waals surface area contributed by atoms with Crippen molar-refractivity contribution in [2.45, 2.75) is 13.5 Å². The van der Waals surface area contributed by atoms with Crippen molar-refractivity contribution < 1.29 is 23.8 Å². The van der Waals surface area contributed by atoms with Crippen molar-refractivity contribution in [2.24, 2.45) is 5.16 Å². The van der Waals surface area contributed by atoms with Gasteiger partial charge < -0.3 is 24.4 Å². The van der Waals surface area contributed by atoms with Gasteiger partial charge in [0.25, 0.3) is 5.91 Å². The largest absolute Gasteiger partial charge is 0.493 e. The van der Waals surface area contributed by atoms with E-state index in [1.807, 2.05) is 73.7 Å². The summed E-state index contributed by atoms with van der Waals surface area (Å²) < 4.78 is 16.8. The number of hydrogen-bond donors (Lipinski definition) is 1. The number of aryl methyl sites for hydroxylation is 1. The molecule has 0 aliphatic rings. The molecule has 0 saturated heterocycles. The molecule has 1 amide bonds. The van der Waals surface area contributed by atoms with Gasteiger partial charge in [-0.05, 0) is 48.4 Å². The fourth-order valence-corrected chi connectivity index (χ4v) is 2.93. The number of carbonyl (C=O) groups is 1. The van der Waals surface area contributed by atoms with Gasteiger partial charge in [-0.1, -0.05) is 47.6 Å². The van der Waals surface area contributed by atoms with Crippen LogP contribution in [0, 0.1) is 6.92 Å². The number of benzene rings is 3. The third-order valence-corrected chi connectivity index (χ3v) is 4.58. The summed E-state index contributed by atoms with van der Waals surface area (Å²) in [4.78, 5) is 16.9. The quantitative estimate of drug-likeness (QED) is 0.256. The molecule has 3 rings (SSSR count). The van der Waals surface area contributed by atoms with Crippen LogP contribution in [0.2, 0.25) is 0 Å². The van der Waals surface area contributed by atoms with E-state index in [2.05, 4.69) is 10.5 Å². The Balaban J connectivity index is 1.38. The summed E-state index contributed by atoms with van der Waals surface area (Å²) in [7, 11) is 1.58. The molecule has 0 aliphatic heterocycles. The second-order valence-corrected chi connectivity index (χ2v) is 7.21. The monoisotopic (exact) mass is 448 g/mol. The van der Waals surface area contributed by atoms with E-state index < -0.39 is 0 Å². The third kappa shape index (κ3) is 8.22. The molecular weight excluding hydrogens is 420 g/mol. The van der Waals surface area contributed by atoms with Crippen LogP contribution in [0.5, 0.6) is 17.2 Å². The minimum Gasteiger partial charge on any atom is -0.493 e. The number of amides is 1. The van der Waals surface area contributed by atoms with E-state index in [1.54, 1.807) is 13.2 Å². The first-order valence-electron chi connectivity index (χ1n) is 10.6. The zero-order valence-corrected chi connectivity index (χ0v) is 18.8. The fraction of sp³-hybridized carbons (Fsp3) is 0.231. The molecule has 3 aromatic carbocycles. The number of hydrogen-bond acceptors (Lipinski definition) is 6. The summed E-state index contributed by atoms with van der Waals surface area (Å²) in [6.45, 7) is 3.00. The Hall–Kier alpha value is -4.00. The number of methoxy groups -OCH3 is 1. The molecule has 0 radical (unpaired) electrons. The van der Waals surface area contributed by atoms with E-state index in [-0.39, 0.29) is 12.5 Å². The maximum atomic E-state index is 11.9. The van der Waals surface area contributed by atoms with Crippen LogP contribution in [0.25, 0.3) is 0 Å². The summed E-state index contributed by atoms with van der Waals surface area (Å²) in [5.41, 5.74) is 2.94. The van der Waals surface area contributed by atoms with Gasteiger partial charge >= 0.3 is 0 Å². The fourth-order valence-electron chi connectivity index (χ4n) is 2.93. The van der Waals surface area contributed by atoms with Crippen LogP contribution < -0.4 is 19.5 Å². The highest BCUT2D eigenvalue weighted by molar-refractivity contribution is 5.81. The lowest BCUT2D eigenvalue weighted by Crippen LogP contribution is -2.30. The molecule has 0 heterocycles. The minimum atomic E-state index is -0.276. The van der Waals surface area contributed by atoms with Crippen molar-refractivity contribution in [3.05, 3.63) is 89.5 Å². The Labute approximate surface area is 193 Å². The summed E-state index contributed by atoms with van der Waals surface area (Å²) in [6, 6.07) is 23.1. The molecule has 1 N–H and O–H groups in total. The average Bonchev–Trinajstić information content (AvgIpc) is 2.84. The molecule has 172 valence electrons. The van der Waals surface area contributed by atoms with Gasteiger partial charge in [-0.3, -0.25) is 4.79 Å². The van der Waals surface area contributed by atoms with Crippen molar-refractivity contribution in [1.82, 2.24) is 5.32 Å². The zero-order chi connectivity index (χ0) is 23.3. The molecule has 0 saturated carbocycles. The molecule has 0 spiro atoms. The lowest BCUT2D eigenvalue weighted by atomic mass is 10.2. The summed E-state index contributed by atoms with van der Waals surface area (Å²) in [5, 5.41) is 6.57. The first-order chi connectivity index (χ1) is 16.1. The molecular formula is C26H28N2O5. The van der Waals surface area contributed by atoms with Gasteiger partial charge in [-0.2, -0.15) is 0 Å². The highest BCUT2D eigenvalue weighted by Gasteiger charge is 2.06. The summed E-state index contributed by atoms with van der Waals surface area (Å²) in [5.74, 6) is 1.71. The Kier molecular flexibility index (Phi) is 9.15. The van der Waals surface area contributed by atoms with Crippen LogP contribution in [0.1, 0.15) is 16.7 Å². The van der Waals surface area contributed by atoms with E-state index in [0.29, 0.717) is 31.3 Å². The predicted octanol–water partition coefficient (Wildman–Crippen LogP) is 4.13. The Morgan fingerprint density at radius 1 is 0.970 bits per heavy atom. The van der Waals surface area contributed by atoms with E-state index in [0.717, 1.165) is 22.4 Å². The van der Waals surface area contributed by atoms with E-state index in [1.165, 1.54) is 6.21 Å². The molecule has 7 nitrogen and oxygen atoms in total. The van der Waals surface area contributed by atoms with Crippen LogP contribution in [0.3, 0.4) is 0 Å². The maximum absolute atomic E-state index is 11.9. The minimum absolute atomic E-state index is 0.184. The molecule has 0 aliphatic carbocycles. The van der Waals surface area contributed by atoms with Crippen LogP contribution >= 0.6 is 0 Å². The number of rotatable bonds is 12. The lowest BCUT2D eigenvalue weighted by Gasteiger charge is -2.11. The Morgan fingerprint density at radius 2 is 1.82 bits per heavy atom. The Morgan fingerprint density at radius 3 is 2.61 bits per heavy atom. The highest BCUT2D eigenvalue weighted by atomic mass is 16.6. The van der Waals surface area contributed by atoms with Gasteiger partial charge in [0.2, 0.25) is 0 Å². The van der Waals surface area contributed by atoms with Crippen LogP contribution in [0.4, 0.5) is 0 Å². The van der Waals surface area contributed by atoms with E-state index in [4.69, 9.17) is 19.0 Å². The second-order valence-electron chi connectivity index (χ2n) is 7.21. The van der Waals surface area contributed by atoms with Gasteiger partial charge in [0.1, 0.15) is 19.0 Å². The average molecular weight is 449 g/mol. The zero-order valence-electron chi connectivity index (χ0n) is 18.8. The normalized spacial score (nSPS) is 10.6. The molecule has 0 bridgehead atoms. The second kappa shape index (κ2) is 12.8. The number of ether oxygens (including phenoxy) is 3. The molecule has 33 heavy (non-hydrogen) atoms. The Bertz CT molecular complexity index is 1050. The van der Waals surface area contributed by atoms with Crippen molar-refractivity contribution in [3.8, 4) is 17.2 Å². The predicted molar refractivity (Wildman–Crippen MR) is 127 cm³/mol. The topological polar surface area (TPSA) is 78.4 Å². The van der Waals surface area contributed by atoms with Gasteiger partial charge in [-0.15, -0.1) is 0 Å². The van der Waals surface area contributed by atoms with Crippen molar-refractivity contribution in [3.63, 3.8) is 0 Å². The molecule has 0 aromatic heterocycles. The van der Waals surface area contributed by atoms with Crippen molar-refractivity contribution in [1.29, 1.82) is 0 Å². The number of nitrogens with one attached hydrogen (secondary N) is 1. The summed E-state index contributed by atoms with van der Waals surface area (Å²) in [6.07, 6.45) is 1.51. The van der Waals surface area contributed by atoms with Gasteiger partial charge in [0, 0.05) is 5.56 Å². The van der Waals surface area contributed by atoms with Crippen LogP contribution in [0.15, 0.2) is 78.0 Å². The first-order valence-corrected chi connectivity index (χ1v) is 10.6. The maximum Gasteiger partial charge on any atom is 0.260 e. The SMILES string of the molecule is COc1cc(/C=N/OCC(=O)NCCOc2cccc(C)c2)ccc1OCc1ccccc1. The van der Waals surface area contributed by atoms with E-state index >= 15 is 0 Å². The van der Waals surface area contributed by atoms with Gasteiger partial charge in [-0.25, -0.2) is 0 Å². The number of carbonyl (C=O) groups excluding carboxylic acids is 1. The molecule has 7 heteroatoms. The summed E-state index contributed by atoms with van der Waals surface area (Å²) >= 11 is 0. The standard InChI is InChI=1S/C26H28N2O5/c1-20-7-6-10-23(15-20)31-14-13-27-26(29)19-33-28-17-22-11-12-24(25(16-22)30-2)32-18-21-8-4-3-5-9-21/h3-12,15-17H,13-14,18-19H2,1-2H3,(H,27,29)/b28-17+. The molecule has 0 unspecified atom stereocenters. The van der Waals surface area contributed by atoms with Crippen LogP contribution in [-0.2, 0) is 16.2 Å². The molecule has 0 atom stereocenters. The number of nitrogens with zero attached hydrogens (tertiary/aromatic N) is 1. The first kappa shape index (κ1) is 23.7. The smallest absolute Gasteiger partial charge is 0.260 e. The lowest BCUT2D eigenvalue weighted by molar-refractivity contribution is -0.125. The molecule has 3 aromatic rings. The molecule has 0 fully saturated rings. The van der Waals surface area contributed by atoms with Gasteiger partial charge in [0.05, 0.1) is 19.9 Å². The highest BCUT2D eigenvalue weighted by Crippen LogP contribution is 2.28. The van der Waals surface area contributed by atoms with Crippen LogP contribution in [-0.4, -0.2) is 39.0 Å². The van der Waals surface area contributed by atoms with Crippen molar-refractivity contribution in [2.75, 3.05) is 26.9 Å². The van der Waals surface area contributed by atoms with Crippen molar-refractivity contribution >= 4 is 12.1 Å². The van der Waals surface area contributed by atoms with Gasteiger partial charge in [0.15, 0.2) is 18.1 Å². The number of oxime groups is 1. The third-order valence-electron chi connectivity index (χ3n) is 4.58. The van der Waals surface area contributed by atoms with E-state index in [9.17, 15) is 4.79 Å².